The maximum absolute atomic E-state index is 8.51. The monoisotopic (exact) mass is 168 g/mol. The Hall–Kier alpha value is -0.940. The Labute approximate surface area is 71.2 Å². The molecule has 3 heteroatoms. The molecule has 1 N–H and O–H groups in total. The Morgan fingerprint density at radius 1 is 1.55 bits per heavy atom. The second-order valence-corrected chi connectivity index (χ2v) is 2.75. The van der Waals surface area contributed by atoms with Gasteiger partial charge in [-0.25, -0.2) is 0 Å². The summed E-state index contributed by atoms with van der Waals surface area (Å²) in [5.74, 6) is 0.418. The van der Waals surface area contributed by atoms with E-state index in [2.05, 4.69) is 11.4 Å². The molecule has 0 saturated carbocycles. The SMILES string of the molecule is N#CCC1(CCl)C=CC=CN1. The van der Waals surface area contributed by atoms with Gasteiger partial charge in [-0.05, 0) is 12.3 Å². The molecule has 0 aromatic heterocycles. The number of nitrogens with one attached hydrogen (secondary N) is 1. The Kier molecular flexibility index (Phi) is 2.56. The molecule has 0 aromatic rings. The van der Waals surface area contributed by atoms with Crippen LogP contribution in [0.1, 0.15) is 6.42 Å². The smallest absolute Gasteiger partial charge is 0.0819 e. The van der Waals surface area contributed by atoms with Gasteiger partial charge >= 0.3 is 0 Å². The lowest BCUT2D eigenvalue weighted by molar-refractivity contribution is 0.513. The van der Waals surface area contributed by atoms with E-state index in [1.54, 1.807) is 6.20 Å². The lowest BCUT2D eigenvalue weighted by atomic mass is 9.96. The molecule has 0 fully saturated rings. The van der Waals surface area contributed by atoms with Crippen LogP contribution in [0.4, 0.5) is 0 Å². The second-order valence-electron chi connectivity index (χ2n) is 2.49. The van der Waals surface area contributed by atoms with Crippen molar-refractivity contribution in [2.24, 2.45) is 0 Å². The predicted molar refractivity (Wildman–Crippen MR) is 45.1 cm³/mol. The Morgan fingerprint density at radius 2 is 2.36 bits per heavy atom. The van der Waals surface area contributed by atoms with E-state index in [-0.39, 0.29) is 5.54 Å². The number of hydrogen-bond acceptors (Lipinski definition) is 2. The normalized spacial score (nSPS) is 27.6. The number of rotatable bonds is 2. The molecule has 0 bridgehead atoms. The van der Waals surface area contributed by atoms with Gasteiger partial charge in [0.25, 0.3) is 0 Å². The quantitative estimate of drug-likeness (QED) is 0.636. The van der Waals surface area contributed by atoms with Gasteiger partial charge < -0.3 is 5.32 Å². The lowest BCUT2D eigenvalue weighted by Crippen LogP contribution is -2.42. The Bertz CT molecular complexity index is 227. The topological polar surface area (TPSA) is 35.8 Å². The third kappa shape index (κ3) is 1.75. The molecule has 1 aliphatic rings. The molecule has 1 rings (SSSR count). The van der Waals surface area contributed by atoms with Crippen LogP contribution in [0.15, 0.2) is 24.4 Å². The van der Waals surface area contributed by atoms with Crippen molar-refractivity contribution in [1.82, 2.24) is 5.32 Å². The van der Waals surface area contributed by atoms with Gasteiger partial charge in [0.1, 0.15) is 0 Å². The van der Waals surface area contributed by atoms with E-state index < -0.39 is 0 Å². The molecule has 58 valence electrons. The minimum absolute atomic E-state index is 0.342. The van der Waals surface area contributed by atoms with Gasteiger partial charge in [-0.15, -0.1) is 11.6 Å². The summed E-state index contributed by atoms with van der Waals surface area (Å²) < 4.78 is 0. The molecule has 0 saturated heterocycles. The summed E-state index contributed by atoms with van der Waals surface area (Å²) in [4.78, 5) is 0. The summed E-state index contributed by atoms with van der Waals surface area (Å²) in [5, 5.41) is 11.6. The number of allylic oxidation sites excluding steroid dienone is 2. The van der Waals surface area contributed by atoms with Crippen LogP contribution in [0.3, 0.4) is 0 Å². The van der Waals surface area contributed by atoms with E-state index in [1.807, 2.05) is 18.2 Å². The second kappa shape index (κ2) is 3.45. The van der Waals surface area contributed by atoms with Crippen LogP contribution in [0.25, 0.3) is 0 Å². The van der Waals surface area contributed by atoms with Gasteiger partial charge in [0.2, 0.25) is 0 Å². The van der Waals surface area contributed by atoms with Gasteiger partial charge in [-0.1, -0.05) is 12.2 Å². The summed E-state index contributed by atoms with van der Waals surface area (Å²) in [7, 11) is 0. The predicted octanol–water partition coefficient (Wildman–Crippen LogP) is 1.55. The highest BCUT2D eigenvalue weighted by molar-refractivity contribution is 6.18. The molecule has 1 unspecified atom stereocenters. The van der Waals surface area contributed by atoms with Crippen LogP contribution >= 0.6 is 11.6 Å². The molecular formula is C8H9ClN2. The van der Waals surface area contributed by atoms with E-state index in [0.29, 0.717) is 12.3 Å². The molecule has 1 heterocycles. The highest BCUT2D eigenvalue weighted by Crippen LogP contribution is 2.16. The molecule has 2 nitrogen and oxygen atoms in total. The minimum Gasteiger partial charge on any atom is -0.380 e. The Morgan fingerprint density at radius 3 is 2.82 bits per heavy atom. The summed E-state index contributed by atoms with van der Waals surface area (Å²) in [6.07, 6.45) is 7.90. The van der Waals surface area contributed by atoms with Crippen LogP contribution in [-0.4, -0.2) is 11.4 Å². The van der Waals surface area contributed by atoms with E-state index in [1.165, 1.54) is 0 Å². The zero-order valence-corrected chi connectivity index (χ0v) is 6.80. The fraction of sp³-hybridized carbons (Fsp3) is 0.375. The molecule has 1 atom stereocenters. The van der Waals surface area contributed by atoms with Crippen molar-refractivity contribution >= 4 is 11.6 Å². The van der Waals surface area contributed by atoms with Crippen LogP contribution in [0.2, 0.25) is 0 Å². The fourth-order valence-corrected chi connectivity index (χ4v) is 1.20. The molecule has 1 aliphatic heterocycles. The summed E-state index contributed by atoms with van der Waals surface area (Å²) in [6.45, 7) is 0. The first kappa shape index (κ1) is 8.16. The number of alkyl halides is 1. The van der Waals surface area contributed by atoms with Crippen molar-refractivity contribution in [3.63, 3.8) is 0 Å². The van der Waals surface area contributed by atoms with Crippen molar-refractivity contribution in [3.8, 4) is 6.07 Å². The zero-order valence-electron chi connectivity index (χ0n) is 6.05. The number of hydrogen-bond donors (Lipinski definition) is 1. The number of nitriles is 1. The largest absolute Gasteiger partial charge is 0.380 e. The molecule has 0 amide bonds. The van der Waals surface area contributed by atoms with Gasteiger partial charge in [-0.3, -0.25) is 0 Å². The first-order chi connectivity index (χ1) is 5.33. The number of nitrogens with zero attached hydrogens (tertiary/aromatic N) is 1. The van der Waals surface area contributed by atoms with Gasteiger partial charge in [0, 0.05) is 0 Å². The van der Waals surface area contributed by atoms with Crippen LogP contribution < -0.4 is 5.32 Å². The summed E-state index contributed by atoms with van der Waals surface area (Å²) >= 11 is 5.72. The fourth-order valence-electron chi connectivity index (χ4n) is 0.939. The van der Waals surface area contributed by atoms with E-state index in [9.17, 15) is 0 Å². The van der Waals surface area contributed by atoms with E-state index in [0.717, 1.165) is 0 Å². The lowest BCUT2D eigenvalue weighted by Gasteiger charge is -2.27. The van der Waals surface area contributed by atoms with Crippen LogP contribution in [0, 0.1) is 11.3 Å². The third-order valence-electron chi connectivity index (χ3n) is 1.63. The highest BCUT2D eigenvalue weighted by Gasteiger charge is 2.24. The zero-order chi connectivity index (χ0) is 8.16. The van der Waals surface area contributed by atoms with E-state index in [4.69, 9.17) is 16.9 Å². The number of halogens is 1. The number of dihydropyridines is 1. The molecular weight excluding hydrogens is 160 g/mol. The molecule has 0 aliphatic carbocycles. The Balaban J connectivity index is 2.70. The first-order valence-electron chi connectivity index (χ1n) is 3.38. The molecule has 11 heavy (non-hydrogen) atoms. The summed E-state index contributed by atoms with van der Waals surface area (Å²) in [5.41, 5.74) is -0.342. The average Bonchev–Trinajstić information content (AvgIpc) is 2.07. The van der Waals surface area contributed by atoms with E-state index >= 15 is 0 Å². The van der Waals surface area contributed by atoms with Gasteiger partial charge in [-0.2, -0.15) is 5.26 Å². The van der Waals surface area contributed by atoms with Crippen molar-refractivity contribution < 1.29 is 0 Å². The summed E-state index contributed by atoms with van der Waals surface area (Å²) in [6, 6.07) is 2.10. The minimum atomic E-state index is -0.342. The third-order valence-corrected chi connectivity index (χ3v) is 2.10. The van der Waals surface area contributed by atoms with Crippen LogP contribution in [-0.2, 0) is 0 Å². The average molecular weight is 169 g/mol. The highest BCUT2D eigenvalue weighted by atomic mass is 35.5. The van der Waals surface area contributed by atoms with Crippen LogP contribution in [0.5, 0.6) is 0 Å². The molecule has 0 radical (unpaired) electrons. The van der Waals surface area contributed by atoms with Crippen molar-refractivity contribution in [3.05, 3.63) is 24.4 Å². The van der Waals surface area contributed by atoms with Crippen molar-refractivity contribution in [2.75, 3.05) is 5.88 Å². The molecule has 0 spiro atoms. The van der Waals surface area contributed by atoms with Crippen molar-refractivity contribution in [1.29, 1.82) is 5.26 Å². The van der Waals surface area contributed by atoms with Gasteiger partial charge in [0.05, 0.1) is 23.9 Å². The maximum atomic E-state index is 8.51. The van der Waals surface area contributed by atoms with Crippen molar-refractivity contribution in [2.45, 2.75) is 12.0 Å². The molecule has 0 aromatic carbocycles. The van der Waals surface area contributed by atoms with Gasteiger partial charge in [0.15, 0.2) is 0 Å². The first-order valence-corrected chi connectivity index (χ1v) is 3.91. The maximum Gasteiger partial charge on any atom is 0.0819 e. The standard InChI is InChI=1S/C8H9ClN2/c9-7-8(4-5-10)3-1-2-6-11-8/h1-3,6,11H,4,7H2.